The van der Waals surface area contributed by atoms with Crippen LogP contribution in [0.2, 0.25) is 0 Å². The lowest BCUT2D eigenvalue weighted by molar-refractivity contribution is -0.114. The lowest BCUT2D eigenvalue weighted by Crippen LogP contribution is -2.50. The third kappa shape index (κ3) is 3.90. The number of aromatic nitrogens is 1. The highest BCUT2D eigenvalue weighted by atomic mass is 32.2. The van der Waals surface area contributed by atoms with Crippen molar-refractivity contribution in [1.82, 2.24) is 13.8 Å². The highest BCUT2D eigenvalue weighted by molar-refractivity contribution is 7.89. The lowest BCUT2D eigenvalue weighted by Gasteiger charge is -2.35. The molecule has 0 saturated carbocycles. The Morgan fingerprint density at radius 3 is 2.45 bits per heavy atom. The number of anilines is 1. The molecule has 1 fully saturated rings. The van der Waals surface area contributed by atoms with Crippen molar-refractivity contribution in [1.29, 1.82) is 0 Å². The van der Waals surface area contributed by atoms with Gasteiger partial charge < -0.3 is 14.4 Å². The zero-order chi connectivity index (χ0) is 22.2. The summed E-state index contributed by atoms with van der Waals surface area (Å²) in [6, 6.07) is 7.02. The van der Waals surface area contributed by atoms with Gasteiger partial charge in [-0.1, -0.05) is 12.6 Å². The number of benzene rings is 1. The summed E-state index contributed by atoms with van der Waals surface area (Å²) in [5, 5.41) is 0. The van der Waals surface area contributed by atoms with Crippen LogP contribution in [0.15, 0.2) is 54.2 Å². The Kier molecular flexibility index (Phi) is 5.72. The van der Waals surface area contributed by atoms with E-state index in [1.54, 1.807) is 52.0 Å². The van der Waals surface area contributed by atoms with Gasteiger partial charge in [-0.05, 0) is 42.7 Å². The molecule has 9 heteroatoms. The van der Waals surface area contributed by atoms with Crippen molar-refractivity contribution in [3.05, 3.63) is 60.4 Å². The van der Waals surface area contributed by atoms with Crippen molar-refractivity contribution in [2.75, 3.05) is 37.6 Å². The van der Waals surface area contributed by atoms with Crippen LogP contribution < -0.4 is 4.90 Å². The van der Waals surface area contributed by atoms with Crippen molar-refractivity contribution in [3.8, 4) is 0 Å². The molecule has 0 aliphatic carbocycles. The number of rotatable bonds is 4. The van der Waals surface area contributed by atoms with E-state index in [1.807, 2.05) is 6.07 Å². The minimum absolute atomic E-state index is 0.124. The maximum absolute atomic E-state index is 13.3. The topological polar surface area (TPSA) is 82.9 Å². The van der Waals surface area contributed by atoms with E-state index in [9.17, 15) is 18.0 Å². The molecule has 0 radical (unpaired) electrons. The maximum Gasteiger partial charge on any atom is 0.254 e. The number of hydrogen-bond acceptors (Lipinski definition) is 4. The molecule has 164 valence electrons. The van der Waals surface area contributed by atoms with Gasteiger partial charge in [0, 0.05) is 63.4 Å². The summed E-state index contributed by atoms with van der Waals surface area (Å²) in [7, 11) is -1.79. The Hall–Kier alpha value is -2.91. The Labute approximate surface area is 182 Å². The molecule has 0 bridgehead atoms. The molecule has 1 saturated heterocycles. The Morgan fingerprint density at radius 2 is 1.81 bits per heavy atom. The van der Waals surface area contributed by atoms with Gasteiger partial charge in [-0.2, -0.15) is 4.31 Å². The van der Waals surface area contributed by atoms with Gasteiger partial charge in [0.1, 0.15) is 0 Å². The van der Waals surface area contributed by atoms with Gasteiger partial charge in [0.15, 0.2) is 0 Å². The van der Waals surface area contributed by atoms with Gasteiger partial charge in [0.25, 0.3) is 5.91 Å². The highest BCUT2D eigenvalue weighted by Crippen LogP contribution is 2.31. The summed E-state index contributed by atoms with van der Waals surface area (Å²) in [4.78, 5) is 29.1. The molecule has 1 aromatic carbocycles. The largest absolute Gasteiger partial charge is 0.356 e. The third-order valence-electron chi connectivity index (χ3n) is 5.89. The van der Waals surface area contributed by atoms with Gasteiger partial charge in [0.05, 0.1) is 4.90 Å². The fourth-order valence-electron chi connectivity index (χ4n) is 4.25. The monoisotopic (exact) mass is 442 g/mol. The van der Waals surface area contributed by atoms with Crippen molar-refractivity contribution in [2.24, 2.45) is 7.05 Å². The first-order valence-corrected chi connectivity index (χ1v) is 11.7. The normalized spacial score (nSPS) is 17.3. The van der Waals surface area contributed by atoms with Crippen LogP contribution >= 0.6 is 0 Å². The molecule has 31 heavy (non-hydrogen) atoms. The molecule has 1 aromatic heterocycles. The average Bonchev–Trinajstić information content (AvgIpc) is 3.24. The van der Waals surface area contributed by atoms with E-state index in [2.05, 4.69) is 6.58 Å². The minimum Gasteiger partial charge on any atom is -0.356 e. The highest BCUT2D eigenvalue weighted by Gasteiger charge is 2.32. The molecule has 8 nitrogen and oxygen atoms in total. The third-order valence-corrected chi connectivity index (χ3v) is 7.77. The molecule has 0 atom stereocenters. The van der Waals surface area contributed by atoms with Crippen LogP contribution in [0.25, 0.3) is 0 Å². The summed E-state index contributed by atoms with van der Waals surface area (Å²) in [6.07, 6.45) is 6.07. The molecule has 2 aliphatic rings. The van der Waals surface area contributed by atoms with Crippen molar-refractivity contribution >= 4 is 27.5 Å². The molecule has 2 aromatic rings. The number of carbonyl (C=O) groups is 2. The van der Waals surface area contributed by atoms with Gasteiger partial charge in [-0.3, -0.25) is 9.59 Å². The Balaban J connectivity index is 1.51. The molecule has 2 aliphatic heterocycles. The minimum atomic E-state index is -3.57. The quantitative estimate of drug-likeness (QED) is 0.674. The predicted octanol–water partition coefficient (Wildman–Crippen LogP) is 1.64. The number of hydrogen-bond donors (Lipinski definition) is 0. The van der Waals surface area contributed by atoms with Crippen LogP contribution in [0.3, 0.4) is 0 Å². The average molecular weight is 443 g/mol. The fraction of sp³-hybridized carbons (Fsp3) is 0.364. The first-order chi connectivity index (χ1) is 14.8. The van der Waals surface area contributed by atoms with E-state index in [0.717, 1.165) is 24.1 Å². The second kappa shape index (κ2) is 8.32. The summed E-state index contributed by atoms with van der Waals surface area (Å²) in [6.45, 7) is 5.32. The first-order valence-electron chi connectivity index (χ1n) is 10.3. The number of piperazine rings is 1. The molecule has 2 amide bonds. The van der Waals surface area contributed by atoms with Gasteiger partial charge in [-0.25, -0.2) is 8.42 Å². The van der Waals surface area contributed by atoms with Crippen molar-refractivity contribution in [3.63, 3.8) is 0 Å². The van der Waals surface area contributed by atoms with E-state index in [0.29, 0.717) is 25.2 Å². The summed E-state index contributed by atoms with van der Waals surface area (Å²) in [5.41, 5.74) is 2.21. The number of amides is 2. The first kappa shape index (κ1) is 21.3. The van der Waals surface area contributed by atoms with E-state index < -0.39 is 10.0 Å². The molecular formula is C22H26N4O4S. The molecule has 4 rings (SSSR count). The SMILES string of the molecule is C=CC(=O)N1CCCc2c(C(=O)N3CCN(S(=O)(=O)c4ccn(C)c4)CC3)cccc21. The summed E-state index contributed by atoms with van der Waals surface area (Å²) < 4.78 is 28.8. The van der Waals surface area contributed by atoms with Gasteiger partial charge >= 0.3 is 0 Å². The number of nitrogens with zero attached hydrogens (tertiary/aromatic N) is 4. The Bertz CT molecular complexity index is 1130. The van der Waals surface area contributed by atoms with E-state index >= 15 is 0 Å². The molecular weight excluding hydrogens is 416 g/mol. The fourth-order valence-corrected chi connectivity index (χ4v) is 5.72. The Morgan fingerprint density at radius 1 is 1.06 bits per heavy atom. The van der Waals surface area contributed by atoms with Crippen LogP contribution in [0, 0.1) is 0 Å². The second-order valence-corrected chi connectivity index (χ2v) is 9.75. The molecule has 3 heterocycles. The number of carbonyl (C=O) groups excluding carboxylic acids is 2. The van der Waals surface area contributed by atoms with E-state index in [1.165, 1.54) is 10.4 Å². The van der Waals surface area contributed by atoms with Gasteiger partial charge in [0.2, 0.25) is 15.9 Å². The van der Waals surface area contributed by atoms with Crippen LogP contribution in [0.4, 0.5) is 5.69 Å². The van der Waals surface area contributed by atoms with Gasteiger partial charge in [-0.15, -0.1) is 0 Å². The summed E-state index contributed by atoms with van der Waals surface area (Å²) in [5.74, 6) is -0.299. The number of aryl methyl sites for hydroxylation is 1. The molecule has 0 N–H and O–H groups in total. The smallest absolute Gasteiger partial charge is 0.254 e. The summed E-state index contributed by atoms with van der Waals surface area (Å²) >= 11 is 0. The van der Waals surface area contributed by atoms with Crippen LogP contribution in [-0.4, -0.2) is 66.7 Å². The molecule has 0 unspecified atom stereocenters. The second-order valence-electron chi connectivity index (χ2n) is 7.81. The van der Waals surface area contributed by atoms with Crippen LogP contribution in [0.1, 0.15) is 22.3 Å². The predicted molar refractivity (Wildman–Crippen MR) is 117 cm³/mol. The maximum atomic E-state index is 13.3. The number of fused-ring (bicyclic) bond motifs is 1. The van der Waals surface area contributed by atoms with Crippen LogP contribution in [-0.2, 0) is 28.3 Å². The van der Waals surface area contributed by atoms with E-state index in [-0.39, 0.29) is 29.8 Å². The zero-order valence-electron chi connectivity index (χ0n) is 17.5. The lowest BCUT2D eigenvalue weighted by atomic mass is 9.95. The molecule has 0 spiro atoms. The number of sulfonamides is 1. The van der Waals surface area contributed by atoms with Crippen LogP contribution in [0.5, 0.6) is 0 Å². The van der Waals surface area contributed by atoms with E-state index in [4.69, 9.17) is 0 Å². The van der Waals surface area contributed by atoms with Crippen molar-refractivity contribution in [2.45, 2.75) is 17.7 Å². The zero-order valence-corrected chi connectivity index (χ0v) is 18.3. The van der Waals surface area contributed by atoms with Crippen molar-refractivity contribution < 1.29 is 18.0 Å². The standard InChI is InChI=1S/C22H26N4O4S/c1-3-21(27)26-10-5-7-18-19(6-4-8-20(18)26)22(28)24-12-14-25(15-13-24)31(29,30)17-9-11-23(2)16-17/h3-4,6,8-9,11,16H,1,5,7,10,12-15H2,2H3.